The minimum atomic E-state index is 0.658. The standard InChI is InChI=1S/C23H27NO3/c1-25-19-9-6-16(7-10-19)20-14-18-5-4-12-24(18)15-21(20)17-8-11-22(26-2)23(13-17)27-3/h6-11,13,18H,4-5,12,14-15H2,1-3H3/t18-/m0/s1. The molecule has 4 rings (SSSR count). The molecule has 0 bridgehead atoms. The second-order valence-electron chi connectivity index (χ2n) is 7.23. The fourth-order valence-electron chi connectivity index (χ4n) is 4.37. The van der Waals surface area contributed by atoms with Gasteiger partial charge in [-0.3, -0.25) is 4.90 Å². The fourth-order valence-corrected chi connectivity index (χ4v) is 4.37. The minimum absolute atomic E-state index is 0.658. The largest absolute Gasteiger partial charge is 0.497 e. The third-order valence-electron chi connectivity index (χ3n) is 5.83. The van der Waals surface area contributed by atoms with Crippen LogP contribution in [0.25, 0.3) is 11.1 Å². The van der Waals surface area contributed by atoms with E-state index in [1.807, 2.05) is 6.07 Å². The van der Waals surface area contributed by atoms with E-state index in [9.17, 15) is 0 Å². The van der Waals surface area contributed by atoms with E-state index in [1.165, 1.54) is 41.7 Å². The lowest BCUT2D eigenvalue weighted by Crippen LogP contribution is -2.35. The molecular formula is C23H27NO3. The number of methoxy groups -OCH3 is 3. The molecule has 0 radical (unpaired) electrons. The Hall–Kier alpha value is -2.46. The van der Waals surface area contributed by atoms with Crippen LogP contribution in [0.5, 0.6) is 17.2 Å². The topological polar surface area (TPSA) is 30.9 Å². The van der Waals surface area contributed by atoms with Crippen molar-refractivity contribution < 1.29 is 14.2 Å². The number of nitrogens with zero attached hydrogens (tertiary/aromatic N) is 1. The molecule has 0 spiro atoms. The Labute approximate surface area is 161 Å². The van der Waals surface area contributed by atoms with Gasteiger partial charge >= 0.3 is 0 Å². The van der Waals surface area contributed by atoms with Crippen LogP contribution >= 0.6 is 0 Å². The molecule has 2 aliphatic rings. The van der Waals surface area contributed by atoms with Crippen LogP contribution in [0.15, 0.2) is 42.5 Å². The maximum atomic E-state index is 5.55. The van der Waals surface area contributed by atoms with Gasteiger partial charge in [0.1, 0.15) is 5.75 Å². The summed E-state index contributed by atoms with van der Waals surface area (Å²) in [4.78, 5) is 2.62. The van der Waals surface area contributed by atoms with Gasteiger partial charge in [0.25, 0.3) is 0 Å². The summed E-state index contributed by atoms with van der Waals surface area (Å²) in [7, 11) is 5.08. The number of hydrogen-bond donors (Lipinski definition) is 0. The lowest BCUT2D eigenvalue weighted by molar-refractivity contribution is 0.280. The normalized spacial score (nSPS) is 19.7. The summed E-state index contributed by atoms with van der Waals surface area (Å²) in [6, 6.07) is 15.4. The first kappa shape index (κ1) is 17.9. The van der Waals surface area contributed by atoms with E-state index in [0.717, 1.165) is 30.2 Å². The monoisotopic (exact) mass is 365 g/mol. The van der Waals surface area contributed by atoms with Gasteiger partial charge in [0.2, 0.25) is 0 Å². The Kier molecular flexibility index (Phi) is 5.08. The second kappa shape index (κ2) is 7.65. The van der Waals surface area contributed by atoms with Gasteiger partial charge in [-0.15, -0.1) is 0 Å². The fraction of sp³-hybridized carbons (Fsp3) is 0.391. The van der Waals surface area contributed by atoms with Gasteiger partial charge < -0.3 is 14.2 Å². The number of hydrogen-bond acceptors (Lipinski definition) is 4. The highest BCUT2D eigenvalue weighted by Crippen LogP contribution is 2.41. The molecule has 0 aliphatic carbocycles. The van der Waals surface area contributed by atoms with E-state index >= 15 is 0 Å². The van der Waals surface area contributed by atoms with Crippen LogP contribution in [0.2, 0.25) is 0 Å². The first-order valence-corrected chi connectivity index (χ1v) is 9.56. The summed E-state index contributed by atoms with van der Waals surface area (Å²) in [6.45, 7) is 2.18. The summed E-state index contributed by atoms with van der Waals surface area (Å²) in [5.41, 5.74) is 5.32. The van der Waals surface area contributed by atoms with Crippen molar-refractivity contribution >= 4 is 11.1 Å². The first-order chi connectivity index (χ1) is 13.2. The quantitative estimate of drug-likeness (QED) is 0.781. The predicted octanol–water partition coefficient (Wildman–Crippen LogP) is 4.49. The van der Waals surface area contributed by atoms with Crippen LogP contribution in [-0.2, 0) is 0 Å². The molecule has 4 heteroatoms. The van der Waals surface area contributed by atoms with Crippen LogP contribution in [0.4, 0.5) is 0 Å². The molecule has 1 fully saturated rings. The molecule has 2 aromatic rings. The van der Waals surface area contributed by atoms with E-state index < -0.39 is 0 Å². The maximum Gasteiger partial charge on any atom is 0.161 e. The number of benzene rings is 2. The van der Waals surface area contributed by atoms with Crippen LogP contribution in [0.3, 0.4) is 0 Å². The van der Waals surface area contributed by atoms with Gasteiger partial charge in [-0.05, 0) is 72.3 Å². The van der Waals surface area contributed by atoms with E-state index in [2.05, 4.69) is 41.3 Å². The molecule has 2 aromatic carbocycles. The van der Waals surface area contributed by atoms with Crippen molar-refractivity contribution in [3.05, 3.63) is 53.6 Å². The smallest absolute Gasteiger partial charge is 0.161 e. The van der Waals surface area contributed by atoms with Gasteiger partial charge in [-0.2, -0.15) is 0 Å². The summed E-state index contributed by atoms with van der Waals surface area (Å²) in [6.07, 6.45) is 3.68. The van der Waals surface area contributed by atoms with Crippen LogP contribution in [-0.4, -0.2) is 45.4 Å². The summed E-state index contributed by atoms with van der Waals surface area (Å²) >= 11 is 0. The van der Waals surface area contributed by atoms with Crippen LogP contribution < -0.4 is 14.2 Å². The molecule has 1 atom stereocenters. The Morgan fingerprint density at radius 2 is 1.56 bits per heavy atom. The highest BCUT2D eigenvalue weighted by atomic mass is 16.5. The Morgan fingerprint density at radius 1 is 0.815 bits per heavy atom. The molecule has 0 unspecified atom stereocenters. The third-order valence-corrected chi connectivity index (χ3v) is 5.83. The third kappa shape index (κ3) is 3.42. The molecule has 142 valence electrons. The SMILES string of the molecule is COc1ccc(C2=C(c3ccc(OC)c(OC)c3)CN3CCC[C@H]3C2)cc1. The highest BCUT2D eigenvalue weighted by Gasteiger charge is 2.32. The van der Waals surface area contributed by atoms with E-state index in [-0.39, 0.29) is 0 Å². The van der Waals surface area contributed by atoms with Gasteiger partial charge in [-0.25, -0.2) is 0 Å². The summed E-state index contributed by atoms with van der Waals surface area (Å²) in [5, 5.41) is 0. The van der Waals surface area contributed by atoms with Crippen molar-refractivity contribution in [1.82, 2.24) is 4.90 Å². The molecule has 2 heterocycles. The summed E-state index contributed by atoms with van der Waals surface area (Å²) < 4.78 is 16.3. The molecule has 27 heavy (non-hydrogen) atoms. The summed E-state index contributed by atoms with van der Waals surface area (Å²) in [5.74, 6) is 2.44. The van der Waals surface area contributed by atoms with Gasteiger partial charge in [-0.1, -0.05) is 18.2 Å². The Bertz CT molecular complexity index is 841. The van der Waals surface area contributed by atoms with Gasteiger partial charge in [0, 0.05) is 12.6 Å². The van der Waals surface area contributed by atoms with E-state index in [1.54, 1.807) is 21.3 Å². The van der Waals surface area contributed by atoms with Crippen molar-refractivity contribution in [2.75, 3.05) is 34.4 Å². The molecule has 4 nitrogen and oxygen atoms in total. The second-order valence-corrected chi connectivity index (χ2v) is 7.23. The lowest BCUT2D eigenvalue weighted by Gasteiger charge is -2.34. The number of ether oxygens (including phenoxy) is 3. The molecule has 1 saturated heterocycles. The molecule has 0 N–H and O–H groups in total. The molecule has 0 aromatic heterocycles. The van der Waals surface area contributed by atoms with Crippen molar-refractivity contribution in [2.24, 2.45) is 0 Å². The van der Waals surface area contributed by atoms with Crippen LogP contribution in [0, 0.1) is 0 Å². The predicted molar refractivity (Wildman–Crippen MR) is 109 cm³/mol. The Morgan fingerprint density at radius 3 is 2.26 bits per heavy atom. The number of rotatable bonds is 5. The van der Waals surface area contributed by atoms with Crippen molar-refractivity contribution in [1.29, 1.82) is 0 Å². The first-order valence-electron chi connectivity index (χ1n) is 9.56. The average Bonchev–Trinajstić information content (AvgIpc) is 3.20. The lowest BCUT2D eigenvalue weighted by atomic mass is 9.86. The zero-order chi connectivity index (χ0) is 18.8. The zero-order valence-electron chi connectivity index (χ0n) is 16.3. The minimum Gasteiger partial charge on any atom is -0.497 e. The molecule has 0 amide bonds. The molecule has 0 saturated carbocycles. The Balaban J connectivity index is 1.80. The number of fused-ring (bicyclic) bond motifs is 1. The van der Waals surface area contributed by atoms with Gasteiger partial charge in [0.15, 0.2) is 11.5 Å². The van der Waals surface area contributed by atoms with Gasteiger partial charge in [0.05, 0.1) is 21.3 Å². The molecule has 2 aliphatic heterocycles. The van der Waals surface area contributed by atoms with Crippen LogP contribution in [0.1, 0.15) is 30.4 Å². The van der Waals surface area contributed by atoms with Crippen molar-refractivity contribution in [2.45, 2.75) is 25.3 Å². The van der Waals surface area contributed by atoms with E-state index in [0.29, 0.717) is 6.04 Å². The highest BCUT2D eigenvalue weighted by molar-refractivity contribution is 5.93. The maximum absolute atomic E-state index is 5.55. The van der Waals surface area contributed by atoms with Crippen molar-refractivity contribution in [3.8, 4) is 17.2 Å². The average molecular weight is 365 g/mol. The zero-order valence-corrected chi connectivity index (χ0v) is 16.3. The van der Waals surface area contributed by atoms with E-state index in [4.69, 9.17) is 14.2 Å². The molecular weight excluding hydrogens is 338 g/mol. The van der Waals surface area contributed by atoms with Crippen molar-refractivity contribution in [3.63, 3.8) is 0 Å².